The molecule has 5 aromatic rings. The van der Waals surface area contributed by atoms with Crippen LogP contribution in [-0.2, 0) is 0 Å². The van der Waals surface area contributed by atoms with Crippen molar-refractivity contribution < 1.29 is 30.0 Å². The predicted molar refractivity (Wildman–Crippen MR) is 109 cm³/mol. The summed E-state index contributed by atoms with van der Waals surface area (Å²) in [5.41, 5.74) is 0. The molecule has 0 aliphatic rings. The van der Waals surface area contributed by atoms with Crippen LogP contribution in [-0.4, -0.2) is 32.7 Å². The SMILES string of the molecule is O=C(O)O.O=C(O)O.c1cc2cccc3c4cccc5cccc(c(c1)c23)c54. The predicted octanol–water partition coefficient (Wildman–Crippen LogP) is 6.18. The Labute approximate surface area is 158 Å². The molecule has 0 atom stereocenters. The molecule has 6 nitrogen and oxygen atoms in total. The van der Waals surface area contributed by atoms with Crippen LogP contribution in [0.1, 0.15) is 0 Å². The summed E-state index contributed by atoms with van der Waals surface area (Å²) in [6, 6.07) is 26.4. The average molecular weight is 376 g/mol. The molecule has 28 heavy (non-hydrogen) atoms. The zero-order valence-electron chi connectivity index (χ0n) is 14.5. The molecule has 0 spiro atoms. The van der Waals surface area contributed by atoms with Crippen LogP contribution in [0.4, 0.5) is 9.59 Å². The molecule has 0 unspecified atom stereocenters. The molecule has 4 N–H and O–H groups in total. The van der Waals surface area contributed by atoms with E-state index in [0.717, 1.165) is 0 Å². The molecule has 140 valence electrons. The van der Waals surface area contributed by atoms with Crippen LogP contribution in [0.2, 0.25) is 0 Å². The summed E-state index contributed by atoms with van der Waals surface area (Å²) < 4.78 is 0. The summed E-state index contributed by atoms with van der Waals surface area (Å²) >= 11 is 0. The fourth-order valence-corrected chi connectivity index (χ4v) is 3.58. The van der Waals surface area contributed by atoms with Gasteiger partial charge in [0.1, 0.15) is 0 Å². The molecule has 5 rings (SSSR count). The van der Waals surface area contributed by atoms with E-state index in [1.54, 1.807) is 0 Å². The third-order valence-corrected chi connectivity index (χ3v) is 4.39. The van der Waals surface area contributed by atoms with Crippen LogP contribution in [0.3, 0.4) is 0 Å². The molecule has 0 aliphatic carbocycles. The molecule has 5 aromatic carbocycles. The third-order valence-electron chi connectivity index (χ3n) is 4.39. The van der Waals surface area contributed by atoms with E-state index >= 15 is 0 Å². The number of carbonyl (C=O) groups is 2. The minimum absolute atomic E-state index is 1.33. The van der Waals surface area contributed by atoms with E-state index in [9.17, 15) is 0 Å². The smallest absolute Gasteiger partial charge is 0.450 e. The Balaban J connectivity index is 0.000000244. The first kappa shape index (κ1) is 18.7. The van der Waals surface area contributed by atoms with E-state index in [2.05, 4.69) is 72.8 Å². The highest BCUT2D eigenvalue weighted by atomic mass is 16.6. The van der Waals surface area contributed by atoms with Crippen molar-refractivity contribution in [2.24, 2.45) is 0 Å². The molecule has 6 heteroatoms. The highest BCUT2D eigenvalue weighted by Crippen LogP contribution is 2.39. The van der Waals surface area contributed by atoms with Crippen LogP contribution >= 0.6 is 0 Å². The maximum absolute atomic E-state index is 8.56. The Morgan fingerprint density at radius 3 is 0.893 bits per heavy atom. The van der Waals surface area contributed by atoms with Gasteiger partial charge in [-0.3, -0.25) is 0 Å². The van der Waals surface area contributed by atoms with E-state index in [-0.39, 0.29) is 0 Å². The Kier molecular flexibility index (Phi) is 5.13. The van der Waals surface area contributed by atoms with Gasteiger partial charge in [-0.15, -0.1) is 0 Å². The zero-order chi connectivity index (χ0) is 20.3. The third kappa shape index (κ3) is 3.57. The normalized spacial score (nSPS) is 10.3. The molecule has 0 fully saturated rings. The molecule has 0 aromatic heterocycles. The molecule has 0 saturated heterocycles. The van der Waals surface area contributed by atoms with Crippen LogP contribution in [0.5, 0.6) is 0 Å². The van der Waals surface area contributed by atoms with E-state index in [0.29, 0.717) is 0 Å². The molecule has 0 bridgehead atoms. The minimum atomic E-state index is -1.83. The summed E-state index contributed by atoms with van der Waals surface area (Å²) in [6.45, 7) is 0. The van der Waals surface area contributed by atoms with Gasteiger partial charge in [-0.05, 0) is 43.1 Å². The molecule has 0 heterocycles. The standard InChI is InChI=1S/C20H12.2CH2O3/c1-5-13-6-2-11-17-18-12-4-8-14-7-3-10-16(20(14)18)15(9-1)19(13)17;2*2-1(3)4/h1-12H;2*(H2,2,3,4). The first-order valence-corrected chi connectivity index (χ1v) is 8.28. The van der Waals surface area contributed by atoms with Crippen LogP contribution in [0, 0.1) is 0 Å². The second-order valence-electron chi connectivity index (χ2n) is 5.98. The lowest BCUT2D eigenvalue weighted by Gasteiger charge is -2.13. The van der Waals surface area contributed by atoms with Crippen molar-refractivity contribution in [3.05, 3.63) is 72.8 Å². The minimum Gasteiger partial charge on any atom is -0.450 e. The number of hydrogen-bond donors (Lipinski definition) is 4. The molecule has 0 amide bonds. The van der Waals surface area contributed by atoms with Gasteiger partial charge in [0, 0.05) is 0 Å². The average Bonchev–Trinajstić information content (AvgIpc) is 2.65. The topological polar surface area (TPSA) is 115 Å². The Morgan fingerprint density at radius 1 is 0.464 bits per heavy atom. The molecule has 0 radical (unpaired) electrons. The van der Waals surface area contributed by atoms with Crippen molar-refractivity contribution in [3.63, 3.8) is 0 Å². The lowest BCUT2D eigenvalue weighted by Crippen LogP contribution is -1.85. The van der Waals surface area contributed by atoms with Gasteiger partial charge in [0.15, 0.2) is 0 Å². The van der Waals surface area contributed by atoms with Gasteiger partial charge in [0.2, 0.25) is 0 Å². The lowest BCUT2D eigenvalue weighted by molar-refractivity contribution is 0.135. The first-order valence-electron chi connectivity index (χ1n) is 8.28. The first-order chi connectivity index (χ1) is 13.4. The second-order valence-corrected chi connectivity index (χ2v) is 5.98. The van der Waals surface area contributed by atoms with Gasteiger partial charge in [0.05, 0.1) is 0 Å². The fourth-order valence-electron chi connectivity index (χ4n) is 3.58. The molecule has 0 saturated carbocycles. The summed E-state index contributed by atoms with van der Waals surface area (Å²) in [7, 11) is 0. The van der Waals surface area contributed by atoms with Crippen molar-refractivity contribution in [2.45, 2.75) is 0 Å². The quantitative estimate of drug-likeness (QED) is 0.189. The van der Waals surface area contributed by atoms with E-state index < -0.39 is 12.3 Å². The maximum Gasteiger partial charge on any atom is 0.503 e. The summed E-state index contributed by atoms with van der Waals surface area (Å²) in [4.78, 5) is 17.1. The van der Waals surface area contributed by atoms with Crippen LogP contribution in [0.25, 0.3) is 43.1 Å². The van der Waals surface area contributed by atoms with Gasteiger partial charge < -0.3 is 20.4 Å². The monoisotopic (exact) mass is 376 g/mol. The van der Waals surface area contributed by atoms with Gasteiger partial charge in [-0.1, -0.05) is 72.8 Å². The van der Waals surface area contributed by atoms with Gasteiger partial charge in [-0.25, -0.2) is 9.59 Å². The van der Waals surface area contributed by atoms with Crippen LogP contribution in [0.15, 0.2) is 72.8 Å². The van der Waals surface area contributed by atoms with Crippen LogP contribution < -0.4 is 0 Å². The highest BCUT2D eigenvalue weighted by Gasteiger charge is 2.11. The van der Waals surface area contributed by atoms with Crippen molar-refractivity contribution in [1.82, 2.24) is 0 Å². The van der Waals surface area contributed by atoms with E-state index in [4.69, 9.17) is 30.0 Å². The summed E-state index contributed by atoms with van der Waals surface area (Å²) in [6.07, 6.45) is -3.67. The Bertz CT molecular complexity index is 1100. The molecular formula is C22H16O6. The second kappa shape index (κ2) is 7.67. The van der Waals surface area contributed by atoms with Gasteiger partial charge in [0.25, 0.3) is 0 Å². The van der Waals surface area contributed by atoms with Crippen molar-refractivity contribution in [3.8, 4) is 0 Å². The number of fused-ring (bicyclic) bond motifs is 2. The summed E-state index contributed by atoms with van der Waals surface area (Å²) in [5.74, 6) is 0. The van der Waals surface area contributed by atoms with Gasteiger partial charge in [-0.2, -0.15) is 0 Å². The van der Waals surface area contributed by atoms with Crippen molar-refractivity contribution in [2.75, 3.05) is 0 Å². The number of hydrogen-bond acceptors (Lipinski definition) is 2. The Morgan fingerprint density at radius 2 is 0.679 bits per heavy atom. The van der Waals surface area contributed by atoms with E-state index in [1.165, 1.54) is 43.1 Å². The fraction of sp³-hybridized carbons (Fsp3) is 0. The Hall–Kier alpha value is -4.06. The maximum atomic E-state index is 8.56. The highest BCUT2D eigenvalue weighted by molar-refractivity contribution is 6.32. The molecule has 0 aliphatic heterocycles. The largest absolute Gasteiger partial charge is 0.503 e. The number of benzene rings is 5. The van der Waals surface area contributed by atoms with E-state index in [1.807, 2.05) is 0 Å². The number of carboxylic acid groups (broad SMARTS) is 4. The van der Waals surface area contributed by atoms with Crippen molar-refractivity contribution >= 4 is 55.4 Å². The van der Waals surface area contributed by atoms with Gasteiger partial charge >= 0.3 is 12.3 Å². The molecular weight excluding hydrogens is 360 g/mol. The van der Waals surface area contributed by atoms with Crippen molar-refractivity contribution in [1.29, 1.82) is 0 Å². The lowest BCUT2D eigenvalue weighted by atomic mass is 9.90. The summed E-state index contributed by atoms with van der Waals surface area (Å²) in [5, 5.41) is 38.8. The zero-order valence-corrected chi connectivity index (χ0v) is 14.5. The number of rotatable bonds is 0.